The van der Waals surface area contributed by atoms with E-state index in [0.717, 1.165) is 0 Å². The lowest BCUT2D eigenvalue weighted by Gasteiger charge is -1.92. The molecule has 1 rings (SSSR count). The Morgan fingerprint density at radius 3 is 2.70 bits per heavy atom. The highest BCUT2D eigenvalue weighted by atomic mass is 32.2. The first-order valence-electron chi connectivity index (χ1n) is 2.63. The van der Waals surface area contributed by atoms with Gasteiger partial charge in [-0.15, -0.1) is 11.3 Å². The molecule has 0 amide bonds. The highest BCUT2D eigenvalue weighted by molar-refractivity contribution is 7.93. The maximum Gasteiger partial charge on any atom is 0.200 e. The van der Waals surface area contributed by atoms with Crippen molar-refractivity contribution >= 4 is 21.2 Å². The Morgan fingerprint density at radius 1 is 1.60 bits per heavy atom. The van der Waals surface area contributed by atoms with Gasteiger partial charge in [0, 0.05) is 0 Å². The van der Waals surface area contributed by atoms with Crippen LogP contribution in [0.4, 0.5) is 0 Å². The molecule has 1 aromatic rings. The minimum Gasteiger partial charge on any atom is -0.317 e. The zero-order valence-electron chi connectivity index (χ0n) is 5.15. The highest BCUT2D eigenvalue weighted by Crippen LogP contribution is 2.15. The fourth-order valence-electron chi connectivity index (χ4n) is 0.523. The van der Waals surface area contributed by atoms with Crippen LogP contribution in [0.2, 0.25) is 0 Å². The van der Waals surface area contributed by atoms with Crippen molar-refractivity contribution in [3.05, 3.63) is 17.5 Å². The molecule has 0 saturated carbocycles. The van der Waals surface area contributed by atoms with Gasteiger partial charge in [0.1, 0.15) is 10.1 Å². The van der Waals surface area contributed by atoms with Gasteiger partial charge in [-0.1, -0.05) is 6.07 Å². The third-order valence-electron chi connectivity index (χ3n) is 1.02. The zero-order chi connectivity index (χ0) is 7.61. The van der Waals surface area contributed by atoms with E-state index >= 15 is 0 Å². The van der Waals surface area contributed by atoms with Crippen LogP contribution in [-0.4, -0.2) is 14.3 Å². The molecule has 0 aliphatic carbocycles. The van der Waals surface area contributed by atoms with E-state index in [2.05, 4.69) is 0 Å². The molecule has 0 aliphatic rings. The minimum atomic E-state index is -3.16. The summed E-state index contributed by atoms with van der Waals surface area (Å²) in [6, 6.07) is 3.24. The molecule has 10 heavy (non-hydrogen) atoms. The van der Waals surface area contributed by atoms with Gasteiger partial charge in [0.2, 0.25) is 0 Å². The van der Waals surface area contributed by atoms with Crippen LogP contribution in [0.1, 0.15) is 0 Å². The fraction of sp³-hybridized carbons (Fsp3) is 0.200. The maximum atomic E-state index is 10.9. The van der Waals surface area contributed by atoms with Crippen molar-refractivity contribution in [3.8, 4) is 0 Å². The number of hydrogen-bond donors (Lipinski definition) is 1. The Labute approximate surface area is 63.4 Å². The topological polar surface area (TPSA) is 60.2 Å². The molecule has 1 heterocycles. The van der Waals surface area contributed by atoms with Gasteiger partial charge < -0.3 is 5.73 Å². The third kappa shape index (κ3) is 1.36. The molecule has 0 aromatic carbocycles. The first-order valence-corrected chi connectivity index (χ1v) is 5.16. The van der Waals surface area contributed by atoms with Gasteiger partial charge in [0.05, 0.1) is 0 Å². The summed E-state index contributed by atoms with van der Waals surface area (Å²) in [5.41, 5.74) is 5.02. The van der Waals surface area contributed by atoms with Crippen molar-refractivity contribution in [1.29, 1.82) is 0 Å². The number of rotatable bonds is 2. The summed E-state index contributed by atoms with van der Waals surface area (Å²) in [4.78, 5) is 0. The predicted molar refractivity (Wildman–Crippen MR) is 40.6 cm³/mol. The smallest absolute Gasteiger partial charge is 0.200 e. The number of thiophene rings is 1. The van der Waals surface area contributed by atoms with Crippen molar-refractivity contribution in [2.24, 2.45) is 5.73 Å². The molecule has 0 saturated heterocycles. The number of nitrogens with two attached hydrogens (primary N) is 1. The summed E-state index contributed by atoms with van der Waals surface area (Å²) in [6.07, 6.45) is 0. The molecule has 2 N–H and O–H groups in total. The lowest BCUT2D eigenvalue weighted by atomic mass is 10.7. The minimum absolute atomic E-state index is 0.312. The van der Waals surface area contributed by atoms with E-state index in [1.54, 1.807) is 17.5 Å². The zero-order valence-corrected chi connectivity index (χ0v) is 6.78. The van der Waals surface area contributed by atoms with Gasteiger partial charge in [0.15, 0.2) is 9.84 Å². The molecule has 0 radical (unpaired) electrons. The summed E-state index contributed by atoms with van der Waals surface area (Å²) in [5, 5.41) is 1.71. The Balaban J connectivity index is 3.09. The molecule has 1 aromatic heterocycles. The maximum absolute atomic E-state index is 10.9. The molecule has 0 atom stereocenters. The average Bonchev–Trinajstić information content (AvgIpc) is 2.38. The lowest BCUT2D eigenvalue weighted by Crippen LogP contribution is -2.12. The van der Waals surface area contributed by atoms with E-state index in [9.17, 15) is 8.42 Å². The lowest BCUT2D eigenvalue weighted by molar-refractivity contribution is 0.598. The summed E-state index contributed by atoms with van der Waals surface area (Å²) < 4.78 is 22.2. The largest absolute Gasteiger partial charge is 0.317 e. The molecule has 0 aliphatic heterocycles. The van der Waals surface area contributed by atoms with Crippen LogP contribution < -0.4 is 5.73 Å². The Morgan fingerprint density at radius 2 is 2.30 bits per heavy atom. The normalized spacial score (nSPS) is 11.7. The van der Waals surface area contributed by atoms with E-state index in [0.29, 0.717) is 4.21 Å². The van der Waals surface area contributed by atoms with E-state index in [1.165, 1.54) is 11.3 Å². The van der Waals surface area contributed by atoms with Crippen molar-refractivity contribution < 1.29 is 8.42 Å². The molecular formula is C5H7NO2S2. The third-order valence-corrected chi connectivity index (χ3v) is 3.92. The van der Waals surface area contributed by atoms with Crippen molar-refractivity contribution in [2.45, 2.75) is 4.21 Å². The molecule has 0 bridgehead atoms. The Hall–Kier alpha value is -0.390. The highest BCUT2D eigenvalue weighted by Gasteiger charge is 2.11. The van der Waals surface area contributed by atoms with Crippen LogP contribution in [0, 0.1) is 0 Å². The van der Waals surface area contributed by atoms with E-state index < -0.39 is 9.84 Å². The van der Waals surface area contributed by atoms with Crippen LogP contribution in [0.3, 0.4) is 0 Å². The molecule has 0 fully saturated rings. The summed E-state index contributed by atoms with van der Waals surface area (Å²) in [6.45, 7) is 0. The standard InChI is InChI=1S/C5H7NO2S2/c6-4-10(7,8)5-2-1-3-9-5/h1-3H,4,6H2. The van der Waals surface area contributed by atoms with Crippen molar-refractivity contribution in [1.82, 2.24) is 0 Å². The Kier molecular flexibility index (Phi) is 2.08. The van der Waals surface area contributed by atoms with Crippen LogP contribution in [0.5, 0.6) is 0 Å². The van der Waals surface area contributed by atoms with E-state index in [1.807, 2.05) is 0 Å². The average molecular weight is 177 g/mol. The molecule has 56 valence electrons. The molecule has 0 unspecified atom stereocenters. The van der Waals surface area contributed by atoms with Crippen LogP contribution in [0.15, 0.2) is 21.7 Å². The van der Waals surface area contributed by atoms with Crippen molar-refractivity contribution in [3.63, 3.8) is 0 Å². The van der Waals surface area contributed by atoms with Crippen LogP contribution >= 0.6 is 11.3 Å². The molecule has 0 spiro atoms. The van der Waals surface area contributed by atoms with Gasteiger partial charge in [0.25, 0.3) is 0 Å². The first kappa shape index (κ1) is 7.71. The van der Waals surface area contributed by atoms with Gasteiger partial charge in [-0.05, 0) is 11.4 Å². The molecule has 3 nitrogen and oxygen atoms in total. The van der Waals surface area contributed by atoms with E-state index in [4.69, 9.17) is 5.73 Å². The SMILES string of the molecule is NCS(=O)(=O)c1cccs1. The van der Waals surface area contributed by atoms with Crippen molar-refractivity contribution in [2.75, 3.05) is 5.88 Å². The van der Waals surface area contributed by atoms with Gasteiger partial charge in [-0.2, -0.15) is 0 Å². The van der Waals surface area contributed by atoms with Gasteiger partial charge in [-0.3, -0.25) is 0 Å². The second kappa shape index (κ2) is 2.69. The summed E-state index contributed by atoms with van der Waals surface area (Å²) >= 11 is 1.19. The predicted octanol–water partition coefficient (Wildman–Crippen LogP) is 0.438. The summed E-state index contributed by atoms with van der Waals surface area (Å²) in [5.74, 6) is -0.312. The van der Waals surface area contributed by atoms with E-state index in [-0.39, 0.29) is 5.88 Å². The van der Waals surface area contributed by atoms with Gasteiger partial charge in [-0.25, -0.2) is 8.42 Å². The quantitative estimate of drug-likeness (QED) is 0.713. The molecular weight excluding hydrogens is 170 g/mol. The monoisotopic (exact) mass is 177 g/mol. The fourth-order valence-corrected chi connectivity index (χ4v) is 2.38. The summed E-state index contributed by atoms with van der Waals surface area (Å²) in [7, 11) is -3.16. The Bertz CT molecular complexity index is 287. The number of hydrogen-bond acceptors (Lipinski definition) is 4. The van der Waals surface area contributed by atoms with Crippen LogP contribution in [-0.2, 0) is 9.84 Å². The first-order chi connectivity index (χ1) is 4.67. The van der Waals surface area contributed by atoms with Crippen LogP contribution in [0.25, 0.3) is 0 Å². The molecule has 5 heteroatoms. The second-order valence-corrected chi connectivity index (χ2v) is 4.92. The van der Waals surface area contributed by atoms with Gasteiger partial charge >= 0.3 is 0 Å². The number of sulfone groups is 1. The second-order valence-electron chi connectivity index (χ2n) is 1.71.